The summed E-state index contributed by atoms with van der Waals surface area (Å²) in [7, 11) is 0. The molecule has 0 fully saturated rings. The van der Waals surface area contributed by atoms with E-state index in [1.807, 2.05) is 0 Å². The molecule has 1 aromatic rings. The number of aliphatic carboxylic acids is 1. The number of pyridine rings is 1. The molecule has 0 saturated heterocycles. The van der Waals surface area contributed by atoms with Crippen LogP contribution in [0.15, 0.2) is 23.1 Å². The Kier molecular flexibility index (Phi) is 2.91. The number of hydrogen-bond donors (Lipinski definition) is 2. The van der Waals surface area contributed by atoms with Crippen LogP contribution >= 0.6 is 0 Å². The first-order valence-corrected chi connectivity index (χ1v) is 4.27. The van der Waals surface area contributed by atoms with Crippen LogP contribution in [0, 0.1) is 0 Å². The molecule has 5 nitrogen and oxygen atoms in total. The van der Waals surface area contributed by atoms with E-state index in [-0.39, 0.29) is 5.69 Å². The molecule has 0 unspecified atom stereocenters. The van der Waals surface area contributed by atoms with Gasteiger partial charge < -0.3 is 10.8 Å². The van der Waals surface area contributed by atoms with Gasteiger partial charge in [-0.15, -0.1) is 0 Å². The van der Waals surface area contributed by atoms with Crippen LogP contribution in [-0.2, 0) is 4.79 Å². The van der Waals surface area contributed by atoms with E-state index < -0.39 is 17.6 Å². The SMILES string of the molecule is CC[C@@H](C(=O)O)n1cccc(N)c1=O. The van der Waals surface area contributed by atoms with Gasteiger partial charge >= 0.3 is 5.97 Å². The average Bonchev–Trinajstić information content (AvgIpc) is 2.13. The number of hydrogen-bond acceptors (Lipinski definition) is 3. The van der Waals surface area contributed by atoms with Crippen molar-refractivity contribution in [3.8, 4) is 0 Å². The molecule has 1 aromatic heterocycles. The van der Waals surface area contributed by atoms with E-state index >= 15 is 0 Å². The molecule has 0 aliphatic heterocycles. The quantitative estimate of drug-likeness (QED) is 0.735. The number of anilines is 1. The highest BCUT2D eigenvalue weighted by Crippen LogP contribution is 2.09. The molecule has 0 bridgehead atoms. The summed E-state index contributed by atoms with van der Waals surface area (Å²) >= 11 is 0. The van der Waals surface area contributed by atoms with E-state index in [1.165, 1.54) is 12.3 Å². The first-order chi connectivity index (χ1) is 6.57. The normalized spacial score (nSPS) is 12.4. The Bertz CT molecular complexity index is 397. The Balaban J connectivity index is 3.24. The van der Waals surface area contributed by atoms with E-state index in [2.05, 4.69) is 0 Å². The molecule has 3 N–H and O–H groups in total. The van der Waals surface area contributed by atoms with Crippen LogP contribution in [0.3, 0.4) is 0 Å². The molecule has 0 aliphatic rings. The highest BCUT2D eigenvalue weighted by atomic mass is 16.4. The Morgan fingerprint density at radius 3 is 2.86 bits per heavy atom. The highest BCUT2D eigenvalue weighted by molar-refractivity contribution is 5.71. The first kappa shape index (κ1) is 10.3. The van der Waals surface area contributed by atoms with Gasteiger partial charge in [0.1, 0.15) is 6.04 Å². The molecule has 0 aromatic carbocycles. The summed E-state index contributed by atoms with van der Waals surface area (Å²) in [5.41, 5.74) is 4.99. The van der Waals surface area contributed by atoms with Crippen LogP contribution in [0.1, 0.15) is 19.4 Å². The summed E-state index contributed by atoms with van der Waals surface area (Å²) in [6.07, 6.45) is 1.78. The van der Waals surface area contributed by atoms with Gasteiger partial charge in [0.2, 0.25) is 0 Å². The maximum absolute atomic E-state index is 11.4. The summed E-state index contributed by atoms with van der Waals surface area (Å²) in [4.78, 5) is 22.2. The Morgan fingerprint density at radius 1 is 1.71 bits per heavy atom. The molecular formula is C9H12N2O3. The lowest BCUT2D eigenvalue weighted by Gasteiger charge is -2.13. The second-order valence-corrected chi connectivity index (χ2v) is 2.94. The molecule has 76 valence electrons. The Morgan fingerprint density at radius 2 is 2.36 bits per heavy atom. The standard InChI is InChI=1S/C9H12N2O3/c1-2-7(9(13)14)11-5-3-4-6(10)8(11)12/h3-5,7H,2,10H2,1H3,(H,13,14)/t7-/m0/s1. The fraction of sp³-hybridized carbons (Fsp3) is 0.333. The molecule has 0 aliphatic carbocycles. The van der Waals surface area contributed by atoms with Crippen LogP contribution < -0.4 is 11.3 Å². The molecule has 0 amide bonds. The van der Waals surface area contributed by atoms with Crippen LogP contribution in [0.4, 0.5) is 5.69 Å². The highest BCUT2D eigenvalue weighted by Gasteiger charge is 2.18. The van der Waals surface area contributed by atoms with E-state index in [4.69, 9.17) is 10.8 Å². The van der Waals surface area contributed by atoms with Crippen LogP contribution in [0.2, 0.25) is 0 Å². The van der Waals surface area contributed by atoms with Gasteiger partial charge in [-0.2, -0.15) is 0 Å². The summed E-state index contributed by atoms with van der Waals surface area (Å²) in [5, 5.41) is 8.84. The van der Waals surface area contributed by atoms with E-state index in [9.17, 15) is 9.59 Å². The topological polar surface area (TPSA) is 85.3 Å². The van der Waals surface area contributed by atoms with Crippen molar-refractivity contribution in [1.82, 2.24) is 4.57 Å². The summed E-state index contributed by atoms with van der Waals surface area (Å²) < 4.78 is 1.14. The summed E-state index contributed by atoms with van der Waals surface area (Å²) in [6, 6.07) is 2.17. The van der Waals surface area contributed by atoms with Crippen molar-refractivity contribution in [3.05, 3.63) is 28.7 Å². The van der Waals surface area contributed by atoms with Gasteiger partial charge in [-0.05, 0) is 18.6 Å². The van der Waals surface area contributed by atoms with Crippen molar-refractivity contribution >= 4 is 11.7 Å². The number of nitrogen functional groups attached to an aromatic ring is 1. The minimum Gasteiger partial charge on any atom is -0.480 e. The molecule has 0 spiro atoms. The molecule has 0 radical (unpaired) electrons. The third-order valence-corrected chi connectivity index (χ3v) is 2.01. The molecular weight excluding hydrogens is 184 g/mol. The van der Waals surface area contributed by atoms with Crippen molar-refractivity contribution in [1.29, 1.82) is 0 Å². The Labute approximate surface area is 80.8 Å². The number of carboxylic acids is 1. The van der Waals surface area contributed by atoms with Crippen LogP contribution in [-0.4, -0.2) is 15.6 Å². The lowest BCUT2D eigenvalue weighted by Crippen LogP contribution is -2.30. The molecule has 14 heavy (non-hydrogen) atoms. The summed E-state index contributed by atoms with van der Waals surface area (Å²) in [5.74, 6) is -1.03. The van der Waals surface area contributed by atoms with Crippen molar-refractivity contribution in [3.63, 3.8) is 0 Å². The second-order valence-electron chi connectivity index (χ2n) is 2.94. The third kappa shape index (κ3) is 1.76. The molecule has 1 atom stereocenters. The number of carboxylic acid groups (broad SMARTS) is 1. The molecule has 1 rings (SSSR count). The second kappa shape index (κ2) is 3.95. The lowest BCUT2D eigenvalue weighted by atomic mass is 10.2. The van der Waals surface area contributed by atoms with Gasteiger partial charge in [-0.25, -0.2) is 4.79 Å². The Hall–Kier alpha value is -1.78. The maximum Gasteiger partial charge on any atom is 0.326 e. The number of nitrogens with two attached hydrogens (primary N) is 1. The van der Waals surface area contributed by atoms with Crippen molar-refractivity contribution in [2.24, 2.45) is 0 Å². The summed E-state index contributed by atoms with van der Waals surface area (Å²) in [6.45, 7) is 1.70. The van der Waals surface area contributed by atoms with Crippen molar-refractivity contribution in [2.45, 2.75) is 19.4 Å². The number of nitrogens with zero attached hydrogens (tertiary/aromatic N) is 1. The zero-order valence-corrected chi connectivity index (χ0v) is 7.80. The fourth-order valence-corrected chi connectivity index (χ4v) is 1.26. The van der Waals surface area contributed by atoms with Crippen LogP contribution in [0.25, 0.3) is 0 Å². The monoisotopic (exact) mass is 196 g/mol. The zero-order chi connectivity index (χ0) is 10.7. The van der Waals surface area contributed by atoms with Crippen molar-refractivity contribution in [2.75, 3.05) is 5.73 Å². The molecule has 0 saturated carbocycles. The number of carbonyl (C=O) groups is 1. The van der Waals surface area contributed by atoms with E-state index in [0.29, 0.717) is 6.42 Å². The van der Waals surface area contributed by atoms with Crippen LogP contribution in [0.5, 0.6) is 0 Å². The smallest absolute Gasteiger partial charge is 0.326 e. The zero-order valence-electron chi connectivity index (χ0n) is 7.80. The first-order valence-electron chi connectivity index (χ1n) is 4.27. The van der Waals surface area contributed by atoms with Gasteiger partial charge in [-0.1, -0.05) is 6.92 Å². The number of rotatable bonds is 3. The minimum atomic E-state index is -1.03. The van der Waals surface area contributed by atoms with Gasteiger partial charge in [0.15, 0.2) is 0 Å². The van der Waals surface area contributed by atoms with Gasteiger partial charge in [0, 0.05) is 6.20 Å². The van der Waals surface area contributed by atoms with Gasteiger partial charge in [0.25, 0.3) is 5.56 Å². The predicted molar refractivity (Wildman–Crippen MR) is 52.1 cm³/mol. The average molecular weight is 196 g/mol. The molecule has 1 heterocycles. The minimum absolute atomic E-state index is 0.0622. The predicted octanol–water partition coefficient (Wildman–Crippen LogP) is 0.466. The number of aromatic nitrogens is 1. The largest absolute Gasteiger partial charge is 0.480 e. The molecule has 5 heteroatoms. The maximum atomic E-state index is 11.4. The van der Waals surface area contributed by atoms with Crippen molar-refractivity contribution < 1.29 is 9.90 Å². The lowest BCUT2D eigenvalue weighted by molar-refractivity contribution is -0.141. The van der Waals surface area contributed by atoms with E-state index in [0.717, 1.165) is 4.57 Å². The third-order valence-electron chi connectivity index (χ3n) is 2.01. The fourth-order valence-electron chi connectivity index (χ4n) is 1.26. The van der Waals surface area contributed by atoms with Gasteiger partial charge in [-0.3, -0.25) is 9.36 Å². The van der Waals surface area contributed by atoms with Gasteiger partial charge in [0.05, 0.1) is 5.69 Å². The van der Waals surface area contributed by atoms with E-state index in [1.54, 1.807) is 13.0 Å².